The number of likely N-dealkylation sites (N-methyl/N-ethyl adjacent to an activating group) is 1. The Hall–Kier alpha value is -1.13. The zero-order valence-electron chi connectivity index (χ0n) is 9.05. The zero-order valence-corrected chi connectivity index (χ0v) is 9.05. The highest BCUT2D eigenvalue weighted by molar-refractivity contribution is 5.28. The highest BCUT2D eigenvalue weighted by Gasteiger charge is 2.02. The first-order valence-corrected chi connectivity index (χ1v) is 4.82. The molecule has 0 amide bonds. The number of hydrogen-bond donors (Lipinski definition) is 1. The van der Waals surface area contributed by atoms with Crippen LogP contribution in [0.5, 0.6) is 5.75 Å². The Kier molecular flexibility index (Phi) is 5.07. The van der Waals surface area contributed by atoms with E-state index in [4.69, 9.17) is 9.47 Å². The average molecular weight is 213 g/mol. The minimum absolute atomic E-state index is 0.258. The van der Waals surface area contributed by atoms with Crippen molar-refractivity contribution in [2.24, 2.45) is 0 Å². The van der Waals surface area contributed by atoms with Crippen molar-refractivity contribution in [3.63, 3.8) is 0 Å². The van der Waals surface area contributed by atoms with E-state index in [1.54, 1.807) is 12.1 Å². The van der Waals surface area contributed by atoms with Gasteiger partial charge in [-0.25, -0.2) is 4.39 Å². The van der Waals surface area contributed by atoms with Gasteiger partial charge in [0.25, 0.3) is 0 Å². The van der Waals surface area contributed by atoms with Crippen LogP contribution in [0.4, 0.5) is 4.39 Å². The van der Waals surface area contributed by atoms with E-state index in [9.17, 15) is 4.39 Å². The predicted octanol–water partition coefficient (Wildman–Crippen LogP) is 1.57. The Morgan fingerprint density at radius 3 is 2.80 bits per heavy atom. The van der Waals surface area contributed by atoms with E-state index >= 15 is 0 Å². The summed E-state index contributed by atoms with van der Waals surface area (Å²) in [5, 5.41) is 2.96. The third kappa shape index (κ3) is 3.85. The molecular weight excluding hydrogens is 197 g/mol. The zero-order chi connectivity index (χ0) is 11.1. The summed E-state index contributed by atoms with van der Waals surface area (Å²) in [6.07, 6.45) is 0. The molecule has 0 aliphatic heterocycles. The number of methoxy groups -OCH3 is 1. The molecule has 0 spiro atoms. The highest BCUT2D eigenvalue weighted by Crippen LogP contribution is 2.17. The van der Waals surface area contributed by atoms with Gasteiger partial charge in [0, 0.05) is 6.54 Å². The summed E-state index contributed by atoms with van der Waals surface area (Å²) in [4.78, 5) is 0. The van der Waals surface area contributed by atoms with Crippen LogP contribution in [0.1, 0.15) is 5.56 Å². The summed E-state index contributed by atoms with van der Waals surface area (Å²) >= 11 is 0. The largest absolute Gasteiger partial charge is 0.494 e. The van der Waals surface area contributed by atoms with Crippen LogP contribution < -0.4 is 10.1 Å². The van der Waals surface area contributed by atoms with Crippen molar-refractivity contribution in [3.05, 3.63) is 29.6 Å². The summed E-state index contributed by atoms with van der Waals surface area (Å²) in [6, 6.07) is 4.82. The second kappa shape index (κ2) is 6.37. The summed E-state index contributed by atoms with van der Waals surface area (Å²) in [5.74, 6) is -0.0961. The average Bonchev–Trinajstić information content (AvgIpc) is 2.25. The minimum atomic E-state index is -0.354. The number of benzene rings is 1. The molecule has 0 aliphatic rings. The van der Waals surface area contributed by atoms with Gasteiger partial charge < -0.3 is 14.8 Å². The summed E-state index contributed by atoms with van der Waals surface area (Å²) in [5.41, 5.74) is 0.810. The second-order valence-corrected chi connectivity index (χ2v) is 3.13. The van der Waals surface area contributed by atoms with Crippen LogP contribution in [0.3, 0.4) is 0 Å². The van der Waals surface area contributed by atoms with Gasteiger partial charge in [-0.3, -0.25) is 0 Å². The van der Waals surface area contributed by atoms with Crippen molar-refractivity contribution in [1.29, 1.82) is 0 Å². The molecule has 1 aromatic rings. The smallest absolute Gasteiger partial charge is 0.165 e. The highest BCUT2D eigenvalue weighted by atomic mass is 19.1. The maximum atomic E-state index is 13.2. The van der Waals surface area contributed by atoms with Gasteiger partial charge in [-0.05, 0) is 24.7 Å². The van der Waals surface area contributed by atoms with E-state index in [0.29, 0.717) is 13.2 Å². The van der Waals surface area contributed by atoms with Gasteiger partial charge in [-0.15, -0.1) is 0 Å². The van der Waals surface area contributed by atoms with Gasteiger partial charge in [0.15, 0.2) is 11.6 Å². The molecule has 1 aromatic carbocycles. The first kappa shape index (κ1) is 11.9. The summed E-state index contributed by atoms with van der Waals surface area (Å²) < 4.78 is 23.4. The van der Waals surface area contributed by atoms with Crippen molar-refractivity contribution in [3.8, 4) is 5.75 Å². The Bertz CT molecular complexity index is 305. The lowest BCUT2D eigenvalue weighted by molar-refractivity contribution is 0.124. The standard InChI is InChI=1S/C11H16FNO2/c1-13-5-6-15-8-9-3-4-11(14-2)10(12)7-9/h3-4,7,13H,5-6,8H2,1-2H3. The van der Waals surface area contributed by atoms with E-state index in [-0.39, 0.29) is 11.6 Å². The van der Waals surface area contributed by atoms with Gasteiger partial charge >= 0.3 is 0 Å². The maximum Gasteiger partial charge on any atom is 0.165 e. The van der Waals surface area contributed by atoms with Crippen molar-refractivity contribution < 1.29 is 13.9 Å². The number of ether oxygens (including phenoxy) is 2. The van der Waals surface area contributed by atoms with Crippen LogP contribution >= 0.6 is 0 Å². The first-order chi connectivity index (χ1) is 7.27. The topological polar surface area (TPSA) is 30.5 Å². The minimum Gasteiger partial charge on any atom is -0.494 e. The van der Waals surface area contributed by atoms with Crippen LogP contribution in [0.2, 0.25) is 0 Å². The molecule has 0 fully saturated rings. The van der Waals surface area contributed by atoms with Gasteiger partial charge in [0.1, 0.15) is 0 Å². The van der Waals surface area contributed by atoms with Gasteiger partial charge in [-0.2, -0.15) is 0 Å². The predicted molar refractivity (Wildman–Crippen MR) is 56.5 cm³/mol. The summed E-state index contributed by atoms with van der Waals surface area (Å²) in [6.45, 7) is 1.82. The quantitative estimate of drug-likeness (QED) is 0.728. The number of hydrogen-bond acceptors (Lipinski definition) is 3. The van der Waals surface area contributed by atoms with Crippen molar-refractivity contribution in [1.82, 2.24) is 5.32 Å². The lowest BCUT2D eigenvalue weighted by Gasteiger charge is -2.06. The fourth-order valence-corrected chi connectivity index (χ4v) is 1.16. The SMILES string of the molecule is CNCCOCc1ccc(OC)c(F)c1. The monoisotopic (exact) mass is 213 g/mol. The van der Waals surface area contributed by atoms with E-state index in [0.717, 1.165) is 12.1 Å². The first-order valence-electron chi connectivity index (χ1n) is 4.82. The number of nitrogens with one attached hydrogen (secondary N) is 1. The van der Waals surface area contributed by atoms with Crippen molar-refractivity contribution in [2.75, 3.05) is 27.3 Å². The van der Waals surface area contributed by atoms with Crippen LogP contribution in [-0.2, 0) is 11.3 Å². The molecule has 3 nitrogen and oxygen atoms in total. The van der Waals surface area contributed by atoms with Crippen LogP contribution in [0.15, 0.2) is 18.2 Å². The van der Waals surface area contributed by atoms with Gasteiger partial charge in [0.05, 0.1) is 20.3 Å². The fraction of sp³-hybridized carbons (Fsp3) is 0.455. The molecule has 1 N–H and O–H groups in total. The molecule has 4 heteroatoms. The van der Waals surface area contributed by atoms with E-state index in [2.05, 4.69) is 5.32 Å². The van der Waals surface area contributed by atoms with Crippen molar-refractivity contribution in [2.45, 2.75) is 6.61 Å². The molecule has 0 bridgehead atoms. The molecule has 0 radical (unpaired) electrons. The Balaban J connectivity index is 2.45. The van der Waals surface area contributed by atoms with Crippen molar-refractivity contribution >= 4 is 0 Å². The molecule has 1 rings (SSSR count). The molecule has 0 unspecified atom stereocenters. The second-order valence-electron chi connectivity index (χ2n) is 3.13. The van der Waals surface area contributed by atoms with Crippen LogP contribution in [0, 0.1) is 5.82 Å². The molecule has 84 valence electrons. The Labute approximate surface area is 89.2 Å². The van der Waals surface area contributed by atoms with Gasteiger partial charge in [-0.1, -0.05) is 6.07 Å². The molecule has 0 heterocycles. The van der Waals surface area contributed by atoms with Crippen LogP contribution in [0.25, 0.3) is 0 Å². The maximum absolute atomic E-state index is 13.2. The molecule has 0 saturated carbocycles. The molecule has 0 saturated heterocycles. The normalized spacial score (nSPS) is 10.3. The fourth-order valence-electron chi connectivity index (χ4n) is 1.16. The lowest BCUT2D eigenvalue weighted by atomic mass is 10.2. The molecule has 0 atom stereocenters. The van der Waals surface area contributed by atoms with Gasteiger partial charge in [0.2, 0.25) is 0 Å². The Morgan fingerprint density at radius 1 is 1.40 bits per heavy atom. The summed E-state index contributed by atoms with van der Waals surface area (Å²) in [7, 11) is 3.30. The molecule has 0 aromatic heterocycles. The third-order valence-corrected chi connectivity index (χ3v) is 1.98. The number of halogens is 1. The lowest BCUT2D eigenvalue weighted by Crippen LogP contribution is -2.14. The molecular formula is C11H16FNO2. The van der Waals surface area contributed by atoms with E-state index in [1.165, 1.54) is 13.2 Å². The van der Waals surface area contributed by atoms with E-state index in [1.807, 2.05) is 7.05 Å². The van der Waals surface area contributed by atoms with Crippen LogP contribution in [-0.4, -0.2) is 27.3 Å². The Morgan fingerprint density at radius 2 is 2.20 bits per heavy atom. The molecule has 0 aliphatic carbocycles. The molecule has 15 heavy (non-hydrogen) atoms. The third-order valence-electron chi connectivity index (χ3n) is 1.98. The van der Waals surface area contributed by atoms with E-state index < -0.39 is 0 Å². The number of rotatable bonds is 6.